The van der Waals surface area contributed by atoms with E-state index in [1.165, 1.54) is 0 Å². The highest BCUT2D eigenvalue weighted by Gasteiger charge is 2.36. The number of rotatable bonds is 0. The van der Waals surface area contributed by atoms with Crippen LogP contribution in [0.25, 0.3) is 0 Å². The zero-order chi connectivity index (χ0) is 12.1. The van der Waals surface area contributed by atoms with E-state index >= 15 is 0 Å². The summed E-state index contributed by atoms with van der Waals surface area (Å²) in [5, 5.41) is 3.64. The molecule has 1 aromatic carbocycles. The van der Waals surface area contributed by atoms with Crippen molar-refractivity contribution in [3.05, 3.63) is 22.7 Å². The highest BCUT2D eigenvalue weighted by molar-refractivity contribution is 7.91. The van der Waals surface area contributed by atoms with Gasteiger partial charge in [0.25, 0.3) is 0 Å². The van der Waals surface area contributed by atoms with Gasteiger partial charge in [-0.2, -0.15) is 0 Å². The Morgan fingerprint density at radius 3 is 2.62 bits per heavy atom. The van der Waals surface area contributed by atoms with Crippen LogP contribution in [-0.2, 0) is 9.84 Å². The van der Waals surface area contributed by atoms with Gasteiger partial charge in [-0.1, -0.05) is 11.6 Å². The van der Waals surface area contributed by atoms with Crippen molar-refractivity contribution in [2.45, 2.75) is 31.2 Å². The molecule has 0 aromatic heterocycles. The second kappa shape index (κ2) is 3.37. The van der Waals surface area contributed by atoms with Crippen molar-refractivity contribution in [2.24, 2.45) is 0 Å². The summed E-state index contributed by atoms with van der Waals surface area (Å²) in [5.74, 6) is 0.0901. The molecule has 0 saturated heterocycles. The van der Waals surface area contributed by atoms with E-state index in [0.29, 0.717) is 15.6 Å². The van der Waals surface area contributed by atoms with E-state index < -0.39 is 15.4 Å². The first-order valence-corrected chi connectivity index (χ1v) is 7.05. The fourth-order valence-electron chi connectivity index (χ4n) is 2.00. The zero-order valence-electron chi connectivity index (χ0n) is 9.46. The third kappa shape index (κ3) is 1.92. The highest BCUT2D eigenvalue weighted by atomic mass is 35.5. The van der Waals surface area contributed by atoms with Crippen LogP contribution < -0.4 is 5.32 Å². The summed E-state index contributed by atoms with van der Waals surface area (Å²) in [4.78, 5) is 0.317. The van der Waals surface area contributed by atoms with Crippen molar-refractivity contribution in [1.82, 2.24) is 0 Å². The number of sulfone groups is 1. The topological polar surface area (TPSA) is 46.2 Å². The van der Waals surface area contributed by atoms with Crippen LogP contribution in [0.3, 0.4) is 0 Å². The van der Waals surface area contributed by atoms with Gasteiger partial charge in [-0.3, -0.25) is 0 Å². The maximum atomic E-state index is 12.1. The lowest BCUT2D eigenvalue weighted by atomic mass is 10.1. The maximum absolute atomic E-state index is 12.1. The molecule has 0 spiro atoms. The normalized spacial score (nSPS) is 21.0. The third-order valence-electron chi connectivity index (χ3n) is 2.55. The van der Waals surface area contributed by atoms with Crippen LogP contribution in [0, 0.1) is 6.92 Å². The molecule has 1 heterocycles. The Kier molecular flexibility index (Phi) is 2.48. The fourth-order valence-corrected chi connectivity index (χ4v) is 4.40. The molecule has 0 unspecified atom stereocenters. The molecule has 88 valence electrons. The second-order valence-electron chi connectivity index (χ2n) is 4.89. The Balaban J connectivity index is 2.74. The van der Waals surface area contributed by atoms with Gasteiger partial charge in [0, 0.05) is 5.54 Å². The molecule has 0 radical (unpaired) electrons. The summed E-state index contributed by atoms with van der Waals surface area (Å²) in [7, 11) is -3.24. The predicted octanol–water partition coefficient (Wildman–Crippen LogP) is 2.63. The minimum atomic E-state index is -3.24. The van der Waals surface area contributed by atoms with Crippen LogP contribution in [0.5, 0.6) is 0 Å². The lowest BCUT2D eigenvalue weighted by Gasteiger charge is -2.34. The molecule has 0 atom stereocenters. The molecule has 0 saturated carbocycles. The molecule has 1 aliphatic rings. The number of nitrogens with one attached hydrogen (secondary N) is 1. The van der Waals surface area contributed by atoms with Gasteiger partial charge in [0.2, 0.25) is 0 Å². The molecule has 0 amide bonds. The number of halogens is 1. The molecule has 16 heavy (non-hydrogen) atoms. The van der Waals surface area contributed by atoms with Crippen molar-refractivity contribution >= 4 is 27.1 Å². The average molecular weight is 260 g/mol. The number of fused-ring (bicyclic) bond motifs is 1. The summed E-state index contributed by atoms with van der Waals surface area (Å²) < 4.78 is 24.2. The Bertz CT molecular complexity index is 549. The van der Waals surface area contributed by atoms with Crippen LogP contribution in [0.15, 0.2) is 17.0 Å². The quantitative estimate of drug-likeness (QED) is 0.779. The van der Waals surface area contributed by atoms with Crippen molar-refractivity contribution in [3.63, 3.8) is 0 Å². The van der Waals surface area contributed by atoms with E-state index in [-0.39, 0.29) is 5.75 Å². The first-order chi connectivity index (χ1) is 7.21. The molecule has 5 heteroatoms. The Morgan fingerprint density at radius 1 is 1.38 bits per heavy atom. The van der Waals surface area contributed by atoms with E-state index in [1.54, 1.807) is 12.1 Å². The minimum absolute atomic E-state index is 0.0901. The summed E-state index contributed by atoms with van der Waals surface area (Å²) in [6.07, 6.45) is 0. The molecule has 0 aliphatic carbocycles. The van der Waals surface area contributed by atoms with Gasteiger partial charge in [-0.25, -0.2) is 8.42 Å². The van der Waals surface area contributed by atoms with Crippen LogP contribution in [-0.4, -0.2) is 19.7 Å². The third-order valence-corrected chi connectivity index (χ3v) is 4.94. The fraction of sp³-hybridized carbons (Fsp3) is 0.455. The number of hydrogen-bond donors (Lipinski definition) is 1. The van der Waals surface area contributed by atoms with Gasteiger partial charge in [0.05, 0.1) is 21.4 Å². The largest absolute Gasteiger partial charge is 0.377 e. The van der Waals surface area contributed by atoms with E-state index in [1.807, 2.05) is 20.8 Å². The van der Waals surface area contributed by atoms with Crippen molar-refractivity contribution in [1.29, 1.82) is 0 Å². The summed E-state index contributed by atoms with van der Waals surface area (Å²) >= 11 is 6.08. The van der Waals surface area contributed by atoms with Crippen LogP contribution in [0.2, 0.25) is 5.02 Å². The highest BCUT2D eigenvalue weighted by Crippen LogP contribution is 2.38. The lowest BCUT2D eigenvalue weighted by molar-refractivity contribution is 0.556. The lowest BCUT2D eigenvalue weighted by Crippen LogP contribution is -2.43. The first-order valence-electron chi connectivity index (χ1n) is 5.02. The number of hydrogen-bond acceptors (Lipinski definition) is 3. The predicted molar refractivity (Wildman–Crippen MR) is 65.9 cm³/mol. The average Bonchev–Trinajstić information content (AvgIpc) is 2.05. The van der Waals surface area contributed by atoms with E-state index in [2.05, 4.69) is 5.32 Å². The minimum Gasteiger partial charge on any atom is -0.377 e. The summed E-state index contributed by atoms with van der Waals surface area (Å²) in [5.41, 5.74) is 0.905. The molecule has 1 aromatic rings. The summed E-state index contributed by atoms with van der Waals surface area (Å²) in [6, 6.07) is 3.43. The van der Waals surface area contributed by atoms with Gasteiger partial charge < -0.3 is 5.32 Å². The molecule has 0 fully saturated rings. The monoisotopic (exact) mass is 259 g/mol. The van der Waals surface area contributed by atoms with Crippen LogP contribution in [0.1, 0.15) is 19.4 Å². The van der Waals surface area contributed by atoms with Crippen LogP contribution >= 0.6 is 11.6 Å². The second-order valence-corrected chi connectivity index (χ2v) is 7.25. The number of benzene rings is 1. The molecule has 1 N–H and O–H groups in total. The molecule has 3 nitrogen and oxygen atoms in total. The molecule has 2 rings (SSSR count). The van der Waals surface area contributed by atoms with Gasteiger partial charge >= 0.3 is 0 Å². The first kappa shape index (κ1) is 11.7. The van der Waals surface area contributed by atoms with Gasteiger partial charge in [-0.05, 0) is 38.5 Å². The molecular weight excluding hydrogens is 246 g/mol. The van der Waals surface area contributed by atoms with Crippen molar-refractivity contribution in [3.8, 4) is 0 Å². The summed E-state index contributed by atoms with van der Waals surface area (Å²) in [6.45, 7) is 5.54. The number of anilines is 1. The molecule has 1 aliphatic heterocycles. The van der Waals surface area contributed by atoms with Crippen molar-refractivity contribution in [2.75, 3.05) is 11.1 Å². The number of aryl methyl sites for hydroxylation is 1. The van der Waals surface area contributed by atoms with Gasteiger partial charge in [-0.15, -0.1) is 0 Å². The van der Waals surface area contributed by atoms with Crippen molar-refractivity contribution < 1.29 is 8.42 Å². The zero-order valence-corrected chi connectivity index (χ0v) is 11.0. The van der Waals surface area contributed by atoms with E-state index in [0.717, 1.165) is 5.56 Å². The standard InChI is InChI=1S/C11H14ClNO2S/c1-7-4-8(12)10-9(5-7)16(14,15)6-11(2,3)13-10/h4-5,13H,6H2,1-3H3. The van der Waals surface area contributed by atoms with Gasteiger partial charge in [0.15, 0.2) is 9.84 Å². The van der Waals surface area contributed by atoms with E-state index in [4.69, 9.17) is 11.6 Å². The Morgan fingerprint density at radius 2 is 2.00 bits per heavy atom. The smallest absolute Gasteiger partial charge is 0.182 e. The SMILES string of the molecule is Cc1cc(Cl)c2c(c1)S(=O)(=O)CC(C)(C)N2. The van der Waals surface area contributed by atoms with E-state index in [9.17, 15) is 8.42 Å². The van der Waals surface area contributed by atoms with Crippen LogP contribution in [0.4, 0.5) is 5.69 Å². The van der Waals surface area contributed by atoms with Gasteiger partial charge in [0.1, 0.15) is 0 Å². The maximum Gasteiger partial charge on any atom is 0.182 e. The molecular formula is C11H14ClNO2S. The Labute approximate surface area is 101 Å². The Hall–Kier alpha value is -0.740. The molecule has 0 bridgehead atoms.